The van der Waals surface area contributed by atoms with Crippen LogP contribution in [0.4, 0.5) is 5.69 Å². The van der Waals surface area contributed by atoms with Gasteiger partial charge in [-0.3, -0.25) is 0 Å². The molecule has 0 saturated heterocycles. The highest BCUT2D eigenvalue weighted by Gasteiger charge is 2.03. The Bertz CT molecular complexity index is 406. The molecular weight excluding hydrogens is 152 g/mol. The van der Waals surface area contributed by atoms with Gasteiger partial charge in [0, 0.05) is 11.6 Å². The zero-order chi connectivity index (χ0) is 8.55. The van der Waals surface area contributed by atoms with Crippen molar-refractivity contribution < 1.29 is 4.74 Å². The number of methoxy groups -OCH3 is 1. The first-order valence-electron chi connectivity index (χ1n) is 3.72. The molecule has 0 aliphatic rings. The Morgan fingerprint density at radius 1 is 1.42 bits per heavy atom. The summed E-state index contributed by atoms with van der Waals surface area (Å²) < 4.78 is 5.14. The highest BCUT2D eigenvalue weighted by atomic mass is 16.5. The maximum absolute atomic E-state index is 5.74. The summed E-state index contributed by atoms with van der Waals surface area (Å²) in [6.07, 6.45) is 1.81. The summed E-state index contributed by atoms with van der Waals surface area (Å²) in [5.41, 5.74) is 7.42. The van der Waals surface area contributed by atoms with Gasteiger partial charge in [-0.05, 0) is 12.1 Å². The van der Waals surface area contributed by atoms with Crippen molar-refractivity contribution in [1.82, 2.24) is 4.98 Å². The summed E-state index contributed by atoms with van der Waals surface area (Å²) >= 11 is 0. The Kier molecular flexibility index (Phi) is 1.43. The molecule has 3 heteroatoms. The molecule has 0 atom stereocenters. The van der Waals surface area contributed by atoms with Crippen molar-refractivity contribution in [1.29, 1.82) is 0 Å². The van der Waals surface area contributed by atoms with Crippen LogP contribution in [0.15, 0.2) is 24.4 Å². The van der Waals surface area contributed by atoms with Crippen LogP contribution in [0, 0.1) is 0 Å². The minimum absolute atomic E-state index is 0.746. The van der Waals surface area contributed by atoms with Crippen LogP contribution < -0.4 is 10.5 Å². The third kappa shape index (κ3) is 0.830. The van der Waals surface area contributed by atoms with Crippen molar-refractivity contribution in [2.24, 2.45) is 0 Å². The lowest BCUT2D eigenvalue weighted by molar-refractivity contribution is 0.419. The first kappa shape index (κ1) is 7.03. The number of para-hydroxylation sites is 1. The number of aromatic amines is 1. The van der Waals surface area contributed by atoms with E-state index in [9.17, 15) is 0 Å². The molecule has 0 radical (unpaired) electrons. The molecule has 1 heterocycles. The molecule has 0 saturated carbocycles. The minimum Gasteiger partial charge on any atom is -0.495 e. The zero-order valence-corrected chi connectivity index (χ0v) is 6.79. The Hall–Kier alpha value is -1.64. The second-order valence-electron chi connectivity index (χ2n) is 2.63. The number of H-pyrrole nitrogens is 1. The molecule has 0 unspecified atom stereocenters. The van der Waals surface area contributed by atoms with Crippen LogP contribution >= 0.6 is 0 Å². The lowest BCUT2D eigenvalue weighted by Crippen LogP contribution is -1.85. The van der Waals surface area contributed by atoms with Gasteiger partial charge in [0.05, 0.1) is 18.3 Å². The van der Waals surface area contributed by atoms with Crippen molar-refractivity contribution in [3.05, 3.63) is 24.4 Å². The van der Waals surface area contributed by atoms with Crippen LogP contribution in [-0.4, -0.2) is 12.1 Å². The maximum Gasteiger partial charge on any atom is 0.144 e. The van der Waals surface area contributed by atoms with Crippen LogP contribution in [0.3, 0.4) is 0 Å². The number of fused-ring (bicyclic) bond motifs is 1. The van der Waals surface area contributed by atoms with Crippen LogP contribution in [0.25, 0.3) is 10.9 Å². The maximum atomic E-state index is 5.74. The Morgan fingerprint density at radius 3 is 3.00 bits per heavy atom. The molecule has 2 rings (SSSR count). The lowest BCUT2D eigenvalue weighted by atomic mass is 10.2. The number of benzene rings is 1. The predicted octanol–water partition coefficient (Wildman–Crippen LogP) is 1.76. The van der Waals surface area contributed by atoms with Gasteiger partial charge in [0.15, 0.2) is 0 Å². The molecular formula is C9H10N2O. The zero-order valence-electron chi connectivity index (χ0n) is 6.79. The van der Waals surface area contributed by atoms with Crippen LogP contribution in [0.1, 0.15) is 0 Å². The van der Waals surface area contributed by atoms with E-state index in [2.05, 4.69) is 4.98 Å². The van der Waals surface area contributed by atoms with E-state index in [1.165, 1.54) is 0 Å². The summed E-state index contributed by atoms with van der Waals surface area (Å²) in [4.78, 5) is 3.06. The van der Waals surface area contributed by atoms with Gasteiger partial charge >= 0.3 is 0 Å². The molecule has 0 fully saturated rings. The molecule has 62 valence electrons. The first-order valence-corrected chi connectivity index (χ1v) is 3.72. The average Bonchev–Trinajstić information content (AvgIpc) is 2.49. The first-order chi connectivity index (χ1) is 5.83. The number of aromatic nitrogens is 1. The van der Waals surface area contributed by atoms with Crippen LogP contribution in [0.2, 0.25) is 0 Å². The Labute approximate surface area is 70.1 Å². The summed E-state index contributed by atoms with van der Waals surface area (Å²) in [5.74, 6) is 0.831. The fraction of sp³-hybridized carbons (Fsp3) is 0.111. The van der Waals surface area contributed by atoms with Gasteiger partial charge in [-0.1, -0.05) is 6.07 Å². The number of nitrogens with one attached hydrogen (secondary N) is 1. The number of hydrogen-bond acceptors (Lipinski definition) is 2. The Morgan fingerprint density at radius 2 is 2.25 bits per heavy atom. The van der Waals surface area contributed by atoms with Crippen LogP contribution in [0.5, 0.6) is 5.75 Å². The molecule has 0 spiro atoms. The molecule has 2 aromatic rings. The molecule has 0 aliphatic heterocycles. The van der Waals surface area contributed by atoms with Crippen molar-refractivity contribution in [3.63, 3.8) is 0 Å². The molecule has 3 nitrogen and oxygen atoms in total. The molecule has 0 bridgehead atoms. The molecule has 3 N–H and O–H groups in total. The minimum atomic E-state index is 0.746. The van der Waals surface area contributed by atoms with Gasteiger partial charge in [-0.2, -0.15) is 0 Å². The lowest BCUT2D eigenvalue weighted by Gasteiger charge is -1.96. The monoisotopic (exact) mass is 162 g/mol. The van der Waals surface area contributed by atoms with E-state index in [0.29, 0.717) is 0 Å². The van der Waals surface area contributed by atoms with Crippen molar-refractivity contribution in [2.75, 3.05) is 12.8 Å². The molecule has 1 aromatic heterocycles. The number of rotatable bonds is 1. The van der Waals surface area contributed by atoms with Crippen molar-refractivity contribution >= 4 is 16.6 Å². The summed E-state index contributed by atoms with van der Waals surface area (Å²) in [7, 11) is 1.64. The number of ether oxygens (including phenoxy) is 1. The van der Waals surface area contributed by atoms with E-state index in [1.54, 1.807) is 13.3 Å². The van der Waals surface area contributed by atoms with E-state index in [4.69, 9.17) is 10.5 Å². The van der Waals surface area contributed by atoms with E-state index < -0.39 is 0 Å². The number of nitrogens with two attached hydrogens (primary N) is 1. The number of hydrogen-bond donors (Lipinski definition) is 2. The van der Waals surface area contributed by atoms with E-state index in [1.807, 2.05) is 18.2 Å². The number of nitrogen functional groups attached to an aromatic ring is 1. The second kappa shape index (κ2) is 2.44. The topological polar surface area (TPSA) is 51.0 Å². The highest BCUT2D eigenvalue weighted by Crippen LogP contribution is 2.28. The second-order valence-corrected chi connectivity index (χ2v) is 2.63. The van der Waals surface area contributed by atoms with Crippen LogP contribution in [-0.2, 0) is 0 Å². The molecule has 0 amide bonds. The van der Waals surface area contributed by atoms with Gasteiger partial charge in [0.2, 0.25) is 0 Å². The summed E-state index contributed by atoms with van der Waals surface area (Å²) in [6.45, 7) is 0. The van der Waals surface area contributed by atoms with Gasteiger partial charge < -0.3 is 15.5 Å². The summed E-state index contributed by atoms with van der Waals surface area (Å²) in [5, 5.41) is 1.03. The van der Waals surface area contributed by atoms with Gasteiger partial charge in [-0.15, -0.1) is 0 Å². The van der Waals surface area contributed by atoms with Gasteiger partial charge in [0.25, 0.3) is 0 Å². The van der Waals surface area contributed by atoms with Crippen molar-refractivity contribution in [3.8, 4) is 5.75 Å². The average molecular weight is 162 g/mol. The third-order valence-corrected chi connectivity index (χ3v) is 1.93. The van der Waals surface area contributed by atoms with Gasteiger partial charge in [-0.25, -0.2) is 0 Å². The molecule has 1 aromatic carbocycles. The smallest absolute Gasteiger partial charge is 0.144 e. The third-order valence-electron chi connectivity index (χ3n) is 1.93. The molecule has 0 aliphatic carbocycles. The predicted molar refractivity (Wildman–Crippen MR) is 49.3 cm³/mol. The fourth-order valence-electron chi connectivity index (χ4n) is 1.32. The SMILES string of the molecule is COc1c[nH]c2c(N)cccc12. The summed E-state index contributed by atoms with van der Waals surface area (Å²) in [6, 6.07) is 5.74. The van der Waals surface area contributed by atoms with Crippen molar-refractivity contribution in [2.45, 2.75) is 0 Å². The number of anilines is 1. The quantitative estimate of drug-likeness (QED) is 0.628. The molecule has 12 heavy (non-hydrogen) atoms. The standard InChI is InChI=1S/C9H10N2O/c1-12-8-5-11-9-6(8)3-2-4-7(9)10/h2-5,11H,10H2,1H3. The highest BCUT2D eigenvalue weighted by molar-refractivity contribution is 5.94. The van der Waals surface area contributed by atoms with Gasteiger partial charge in [0.1, 0.15) is 5.75 Å². The van der Waals surface area contributed by atoms with E-state index in [-0.39, 0.29) is 0 Å². The normalized spacial score (nSPS) is 10.4. The van der Waals surface area contributed by atoms with E-state index in [0.717, 1.165) is 22.3 Å². The van der Waals surface area contributed by atoms with E-state index >= 15 is 0 Å². The Balaban J connectivity index is 2.80. The fourth-order valence-corrected chi connectivity index (χ4v) is 1.32. The largest absolute Gasteiger partial charge is 0.495 e.